The summed E-state index contributed by atoms with van der Waals surface area (Å²) in [6, 6.07) is 21.5. The number of nitrogens with one attached hydrogen (secondary N) is 1. The zero-order valence-corrected chi connectivity index (χ0v) is 23.6. The topological polar surface area (TPSA) is 112 Å². The van der Waals surface area contributed by atoms with Crippen LogP contribution in [0.2, 0.25) is 0 Å². The van der Waals surface area contributed by atoms with Gasteiger partial charge >= 0.3 is 5.97 Å². The number of ketones is 1. The van der Waals surface area contributed by atoms with Crippen LogP contribution in [-0.2, 0) is 4.74 Å². The highest BCUT2D eigenvalue weighted by Crippen LogP contribution is 2.40. The number of benzene rings is 4. The van der Waals surface area contributed by atoms with E-state index in [1.807, 2.05) is 0 Å². The molecule has 0 unspecified atom stereocenters. The Morgan fingerprint density at radius 1 is 0.744 bits per heavy atom. The van der Waals surface area contributed by atoms with Crippen LogP contribution in [0.4, 0.5) is 5.69 Å². The lowest BCUT2D eigenvalue weighted by molar-refractivity contribution is 0.0530. The van der Waals surface area contributed by atoms with Crippen molar-refractivity contribution in [1.82, 2.24) is 4.40 Å². The number of nitrogens with zero attached hydrogens (tertiary/aromatic N) is 1. The fourth-order valence-electron chi connectivity index (χ4n) is 5.44. The summed E-state index contributed by atoms with van der Waals surface area (Å²) in [6.07, 6.45) is 1.57. The van der Waals surface area contributed by atoms with Crippen molar-refractivity contribution in [2.24, 2.45) is 0 Å². The molecule has 2 heterocycles. The molecule has 43 heavy (non-hydrogen) atoms. The maximum Gasteiger partial charge on any atom is 0.340 e. The number of ether oxygens (including phenoxy) is 3. The molecule has 0 saturated heterocycles. The van der Waals surface area contributed by atoms with Crippen LogP contribution in [0.3, 0.4) is 0 Å². The summed E-state index contributed by atoms with van der Waals surface area (Å²) >= 11 is 0. The Labute approximate surface area is 245 Å². The summed E-state index contributed by atoms with van der Waals surface area (Å²) < 4.78 is 17.2. The van der Waals surface area contributed by atoms with E-state index in [9.17, 15) is 19.2 Å². The molecule has 0 aliphatic carbocycles. The smallest absolute Gasteiger partial charge is 0.340 e. The van der Waals surface area contributed by atoms with Crippen molar-refractivity contribution in [1.29, 1.82) is 0 Å². The zero-order valence-electron chi connectivity index (χ0n) is 23.6. The van der Waals surface area contributed by atoms with Crippen LogP contribution in [0.25, 0.3) is 27.1 Å². The van der Waals surface area contributed by atoms with E-state index in [0.717, 1.165) is 0 Å². The molecule has 6 rings (SSSR count). The third-order valence-corrected chi connectivity index (χ3v) is 7.44. The van der Waals surface area contributed by atoms with Crippen LogP contribution in [0.15, 0.2) is 89.9 Å². The molecule has 9 nitrogen and oxygen atoms in total. The van der Waals surface area contributed by atoms with E-state index in [0.29, 0.717) is 49.7 Å². The Kier molecular flexibility index (Phi) is 6.99. The minimum atomic E-state index is -0.651. The molecule has 4 aromatic carbocycles. The van der Waals surface area contributed by atoms with E-state index in [4.69, 9.17) is 14.2 Å². The maximum atomic E-state index is 14.0. The van der Waals surface area contributed by atoms with E-state index < -0.39 is 23.2 Å². The van der Waals surface area contributed by atoms with Crippen LogP contribution in [0.5, 0.6) is 11.5 Å². The summed E-state index contributed by atoms with van der Waals surface area (Å²) in [5.74, 6) is -0.422. The first-order valence-corrected chi connectivity index (χ1v) is 13.5. The Bertz CT molecular complexity index is 2100. The minimum absolute atomic E-state index is 0.0365. The monoisotopic (exact) mass is 574 g/mol. The van der Waals surface area contributed by atoms with Gasteiger partial charge in [0.2, 0.25) is 0 Å². The summed E-state index contributed by atoms with van der Waals surface area (Å²) in [4.78, 5) is 54.9. The molecule has 0 saturated carbocycles. The number of anilines is 1. The van der Waals surface area contributed by atoms with Gasteiger partial charge in [0.1, 0.15) is 11.5 Å². The van der Waals surface area contributed by atoms with Gasteiger partial charge in [0.15, 0.2) is 5.78 Å². The molecule has 0 radical (unpaired) electrons. The second-order valence-electron chi connectivity index (χ2n) is 9.76. The number of pyridine rings is 2. The number of rotatable bonds is 8. The number of hydrogen-bond acceptors (Lipinski definition) is 7. The highest BCUT2D eigenvalue weighted by Gasteiger charge is 2.28. The summed E-state index contributed by atoms with van der Waals surface area (Å²) in [7, 11) is 3.06. The maximum absolute atomic E-state index is 14.0. The van der Waals surface area contributed by atoms with Gasteiger partial charge in [-0.15, -0.1) is 0 Å². The van der Waals surface area contributed by atoms with Gasteiger partial charge in [0.25, 0.3) is 11.5 Å². The first kappa shape index (κ1) is 27.5. The van der Waals surface area contributed by atoms with Gasteiger partial charge < -0.3 is 19.5 Å². The molecule has 0 fully saturated rings. The number of carbonyl (C=O) groups excluding carboxylic acids is 3. The number of hydrogen-bond donors (Lipinski definition) is 1. The van der Waals surface area contributed by atoms with Crippen molar-refractivity contribution in [3.63, 3.8) is 0 Å². The van der Waals surface area contributed by atoms with Gasteiger partial charge in [0.05, 0.1) is 43.2 Å². The van der Waals surface area contributed by atoms with E-state index in [1.165, 1.54) is 18.6 Å². The van der Waals surface area contributed by atoms with E-state index in [1.54, 1.807) is 92.0 Å². The molecule has 0 atom stereocenters. The third kappa shape index (κ3) is 4.51. The van der Waals surface area contributed by atoms with E-state index in [-0.39, 0.29) is 23.4 Å². The second kappa shape index (κ2) is 10.9. The molecule has 0 spiro atoms. The van der Waals surface area contributed by atoms with Crippen molar-refractivity contribution in [3.8, 4) is 11.5 Å². The molecular formula is C34H26N2O7. The second-order valence-corrected chi connectivity index (χ2v) is 9.76. The van der Waals surface area contributed by atoms with Crippen molar-refractivity contribution < 1.29 is 28.6 Å². The number of aromatic nitrogens is 1. The van der Waals surface area contributed by atoms with Crippen LogP contribution in [-0.4, -0.2) is 42.9 Å². The van der Waals surface area contributed by atoms with E-state index >= 15 is 0 Å². The van der Waals surface area contributed by atoms with Gasteiger partial charge in [-0.2, -0.15) is 0 Å². The number of methoxy groups -OCH3 is 2. The first-order valence-electron chi connectivity index (χ1n) is 13.5. The van der Waals surface area contributed by atoms with Gasteiger partial charge in [-0.3, -0.25) is 18.8 Å². The van der Waals surface area contributed by atoms with Gasteiger partial charge in [-0.1, -0.05) is 18.2 Å². The summed E-state index contributed by atoms with van der Waals surface area (Å²) in [6.45, 7) is 1.79. The number of esters is 1. The average Bonchev–Trinajstić information content (AvgIpc) is 3.04. The molecule has 6 aromatic rings. The Balaban J connectivity index is 1.65. The summed E-state index contributed by atoms with van der Waals surface area (Å²) in [5, 5.41) is 4.69. The lowest BCUT2D eigenvalue weighted by Crippen LogP contribution is -2.25. The Hall–Kier alpha value is -5.70. The standard InChI is InChI=1S/C34H26N2O7/c1-4-43-34(40)27-23-7-5-8-24-26(23)30-25(29(27)35-32(38)20-12-16-22(42-3)17-13-20)9-6-18-36(30)33(39)28(24)31(37)19-10-14-21(41-2)15-11-19/h5-18H,4H2,1-3H3,(H,35,38). The minimum Gasteiger partial charge on any atom is -0.497 e. The molecule has 0 bridgehead atoms. The largest absolute Gasteiger partial charge is 0.497 e. The Morgan fingerprint density at radius 3 is 1.93 bits per heavy atom. The lowest BCUT2D eigenvalue weighted by Gasteiger charge is -2.21. The van der Waals surface area contributed by atoms with Crippen LogP contribution in [0.1, 0.15) is 43.6 Å². The molecule has 1 N–H and O–H groups in total. The predicted octanol–water partition coefficient (Wildman–Crippen LogP) is 5.72. The number of amides is 1. The lowest BCUT2D eigenvalue weighted by atomic mass is 9.90. The van der Waals surface area contributed by atoms with Gasteiger partial charge in [0, 0.05) is 38.9 Å². The SMILES string of the molecule is CCOC(=O)c1c(NC(=O)c2ccc(OC)cc2)c2cccn3c(=O)c(C(=O)c4ccc(OC)cc4)c4cccc1c4c23. The van der Waals surface area contributed by atoms with E-state index in [2.05, 4.69) is 5.32 Å². The quantitative estimate of drug-likeness (QED) is 0.141. The summed E-state index contributed by atoms with van der Waals surface area (Å²) in [5.41, 5.74) is 0.870. The van der Waals surface area contributed by atoms with Crippen molar-refractivity contribution in [3.05, 3.63) is 118 Å². The van der Waals surface area contributed by atoms with Crippen LogP contribution in [0, 0.1) is 0 Å². The van der Waals surface area contributed by atoms with Crippen LogP contribution >= 0.6 is 0 Å². The third-order valence-electron chi connectivity index (χ3n) is 7.44. The van der Waals surface area contributed by atoms with Gasteiger partial charge in [-0.25, -0.2) is 4.79 Å². The van der Waals surface area contributed by atoms with Crippen molar-refractivity contribution in [2.75, 3.05) is 26.1 Å². The molecule has 1 amide bonds. The predicted molar refractivity (Wildman–Crippen MR) is 163 cm³/mol. The molecule has 9 heteroatoms. The fourth-order valence-corrected chi connectivity index (χ4v) is 5.44. The number of carbonyl (C=O) groups is 3. The molecule has 0 aliphatic rings. The average molecular weight is 575 g/mol. The highest BCUT2D eigenvalue weighted by molar-refractivity contribution is 6.31. The Morgan fingerprint density at radius 2 is 1.33 bits per heavy atom. The molecule has 2 aromatic heterocycles. The highest BCUT2D eigenvalue weighted by atomic mass is 16.5. The molecule has 214 valence electrons. The van der Waals surface area contributed by atoms with Crippen molar-refractivity contribution in [2.45, 2.75) is 6.92 Å². The normalized spacial score (nSPS) is 11.1. The molecular weight excluding hydrogens is 548 g/mol. The zero-order chi connectivity index (χ0) is 30.2. The first-order chi connectivity index (χ1) is 20.9. The van der Waals surface area contributed by atoms with Gasteiger partial charge in [-0.05, 0) is 67.6 Å². The van der Waals surface area contributed by atoms with Crippen molar-refractivity contribution >= 4 is 50.4 Å². The van der Waals surface area contributed by atoms with Crippen LogP contribution < -0.4 is 20.3 Å². The molecule has 0 aliphatic heterocycles. The fraction of sp³-hybridized carbons (Fsp3) is 0.118.